The van der Waals surface area contributed by atoms with E-state index in [1.165, 1.54) is 0 Å². The van der Waals surface area contributed by atoms with Gasteiger partial charge in [0.2, 0.25) is 5.88 Å². The van der Waals surface area contributed by atoms with Crippen LogP contribution in [0.4, 0.5) is 4.79 Å². The summed E-state index contributed by atoms with van der Waals surface area (Å²) >= 11 is 0. The summed E-state index contributed by atoms with van der Waals surface area (Å²) in [5.41, 5.74) is 4.84. The molecule has 0 aliphatic carbocycles. The van der Waals surface area contributed by atoms with Gasteiger partial charge < -0.3 is 14.8 Å². The Morgan fingerprint density at radius 2 is 1.87 bits per heavy atom. The first-order valence-electron chi connectivity index (χ1n) is 9.99. The third-order valence-electron chi connectivity index (χ3n) is 4.41. The molecule has 31 heavy (non-hydrogen) atoms. The number of allylic oxidation sites excluding steroid dienone is 1. The maximum Gasteiger partial charge on any atom is 0.407 e. The Hall–Kier alpha value is -3.61. The number of rotatable bonds is 6. The van der Waals surface area contributed by atoms with Crippen LogP contribution in [0.5, 0.6) is 5.88 Å². The van der Waals surface area contributed by atoms with Crippen molar-refractivity contribution in [3.8, 4) is 22.8 Å². The number of carbonyl (C=O) groups is 1. The monoisotopic (exact) mass is 420 g/mol. The van der Waals surface area contributed by atoms with Crippen molar-refractivity contribution in [2.45, 2.75) is 39.8 Å². The van der Waals surface area contributed by atoms with Gasteiger partial charge >= 0.3 is 6.09 Å². The van der Waals surface area contributed by atoms with E-state index < -0.39 is 11.7 Å². The molecule has 0 fully saturated rings. The third-order valence-corrected chi connectivity index (χ3v) is 4.41. The number of amides is 1. The molecule has 3 aromatic rings. The highest BCUT2D eigenvalue weighted by atomic mass is 16.6. The van der Waals surface area contributed by atoms with Crippen LogP contribution in [-0.4, -0.2) is 33.6 Å². The van der Waals surface area contributed by atoms with Crippen molar-refractivity contribution >= 4 is 11.7 Å². The van der Waals surface area contributed by atoms with Gasteiger partial charge in [0.1, 0.15) is 5.60 Å². The number of hydrogen-bond donors (Lipinski definition) is 1. The number of nitrogens with zero attached hydrogens (tertiary/aromatic N) is 3. The van der Waals surface area contributed by atoms with E-state index in [9.17, 15) is 4.79 Å². The Balaban J connectivity index is 1.83. The fraction of sp³-hybridized carbons (Fsp3) is 0.292. The fourth-order valence-corrected chi connectivity index (χ4v) is 2.89. The molecule has 0 unspecified atom stereocenters. The van der Waals surface area contributed by atoms with Gasteiger partial charge in [-0.05, 0) is 51.0 Å². The van der Waals surface area contributed by atoms with Gasteiger partial charge in [-0.2, -0.15) is 5.10 Å². The quantitative estimate of drug-likeness (QED) is 0.607. The molecule has 1 N–H and O–H groups in total. The van der Waals surface area contributed by atoms with Gasteiger partial charge in [-0.1, -0.05) is 30.8 Å². The zero-order valence-corrected chi connectivity index (χ0v) is 18.6. The summed E-state index contributed by atoms with van der Waals surface area (Å²) in [6.45, 7) is 11.8. The molecule has 1 aromatic carbocycles. The normalized spacial score (nSPS) is 11.1. The second-order valence-electron chi connectivity index (χ2n) is 8.22. The molecule has 0 bridgehead atoms. The predicted octanol–water partition coefficient (Wildman–Crippen LogP) is 5.00. The lowest BCUT2D eigenvalue weighted by Gasteiger charge is -2.19. The summed E-state index contributed by atoms with van der Waals surface area (Å²) in [4.78, 5) is 16.2. The minimum Gasteiger partial charge on any atom is -0.481 e. The summed E-state index contributed by atoms with van der Waals surface area (Å²) in [5, 5.41) is 7.46. The second-order valence-corrected chi connectivity index (χ2v) is 8.22. The average molecular weight is 421 g/mol. The summed E-state index contributed by atoms with van der Waals surface area (Å²) in [6, 6.07) is 13.6. The maximum absolute atomic E-state index is 11.9. The van der Waals surface area contributed by atoms with Crippen LogP contribution in [0, 0.1) is 0 Å². The van der Waals surface area contributed by atoms with Crippen molar-refractivity contribution in [3.05, 3.63) is 66.5 Å². The lowest BCUT2D eigenvalue weighted by molar-refractivity contribution is 0.0523. The highest BCUT2D eigenvalue weighted by Gasteiger charge is 2.16. The van der Waals surface area contributed by atoms with Crippen LogP contribution < -0.4 is 10.1 Å². The zero-order valence-electron chi connectivity index (χ0n) is 18.6. The van der Waals surface area contributed by atoms with E-state index in [4.69, 9.17) is 14.6 Å². The number of hydrogen-bond acceptors (Lipinski definition) is 5. The lowest BCUT2D eigenvalue weighted by atomic mass is 10.1. The van der Waals surface area contributed by atoms with Crippen molar-refractivity contribution in [3.63, 3.8) is 0 Å². The van der Waals surface area contributed by atoms with Gasteiger partial charge in [0, 0.05) is 18.2 Å². The Morgan fingerprint density at radius 3 is 2.42 bits per heavy atom. The van der Waals surface area contributed by atoms with E-state index in [1.54, 1.807) is 19.4 Å². The predicted molar refractivity (Wildman–Crippen MR) is 121 cm³/mol. The largest absolute Gasteiger partial charge is 0.481 e. The van der Waals surface area contributed by atoms with E-state index in [0.717, 1.165) is 33.8 Å². The van der Waals surface area contributed by atoms with Crippen LogP contribution in [0.25, 0.3) is 22.5 Å². The Labute approximate surface area is 182 Å². The van der Waals surface area contributed by atoms with E-state index in [1.807, 2.05) is 68.8 Å². The Bertz CT molecular complexity index is 1060. The molecule has 162 valence electrons. The van der Waals surface area contributed by atoms with Crippen molar-refractivity contribution in [2.75, 3.05) is 7.11 Å². The summed E-state index contributed by atoms with van der Waals surface area (Å²) < 4.78 is 12.3. The van der Waals surface area contributed by atoms with E-state index in [-0.39, 0.29) is 0 Å². The number of pyridine rings is 1. The van der Waals surface area contributed by atoms with Gasteiger partial charge in [0.05, 0.1) is 30.4 Å². The smallest absolute Gasteiger partial charge is 0.407 e. The van der Waals surface area contributed by atoms with Crippen molar-refractivity contribution in [1.82, 2.24) is 20.1 Å². The first-order valence-corrected chi connectivity index (χ1v) is 9.99. The Morgan fingerprint density at radius 1 is 1.16 bits per heavy atom. The standard InChI is InChI=1S/C24H28N4O3/c1-16(2)20-13-21(28(27-20)19-11-12-22(30-6)25-15-19)18-9-7-17(8-10-18)14-26-23(29)31-24(3,4)5/h7-13,15H,1,14H2,2-6H3,(H,26,29). The van der Waals surface area contributed by atoms with E-state index >= 15 is 0 Å². The molecule has 0 atom stereocenters. The van der Waals surface area contributed by atoms with Crippen molar-refractivity contribution < 1.29 is 14.3 Å². The molecule has 0 saturated heterocycles. The fourth-order valence-electron chi connectivity index (χ4n) is 2.89. The van der Waals surface area contributed by atoms with Gasteiger partial charge in [0.25, 0.3) is 0 Å². The summed E-state index contributed by atoms with van der Waals surface area (Å²) in [5.74, 6) is 0.541. The second kappa shape index (κ2) is 9.04. The van der Waals surface area contributed by atoms with Crippen LogP contribution in [0.3, 0.4) is 0 Å². The molecule has 0 saturated carbocycles. The molecule has 7 heteroatoms. The van der Waals surface area contributed by atoms with Gasteiger partial charge in [-0.3, -0.25) is 0 Å². The number of methoxy groups -OCH3 is 1. The van der Waals surface area contributed by atoms with Crippen molar-refractivity contribution in [2.24, 2.45) is 0 Å². The summed E-state index contributed by atoms with van der Waals surface area (Å²) in [6.07, 6.45) is 1.28. The maximum atomic E-state index is 11.9. The number of nitrogens with one attached hydrogen (secondary N) is 1. The van der Waals surface area contributed by atoms with Gasteiger partial charge in [-0.15, -0.1) is 0 Å². The molecule has 7 nitrogen and oxygen atoms in total. The number of aromatic nitrogens is 3. The minimum absolute atomic E-state index is 0.383. The highest BCUT2D eigenvalue weighted by Crippen LogP contribution is 2.27. The molecule has 0 radical (unpaired) electrons. The van der Waals surface area contributed by atoms with Gasteiger partial charge in [0.15, 0.2) is 0 Å². The zero-order chi connectivity index (χ0) is 22.6. The molecule has 0 aliphatic rings. The molecular formula is C24H28N4O3. The Kier molecular flexibility index (Phi) is 6.44. The number of alkyl carbamates (subject to hydrolysis) is 1. The SMILES string of the molecule is C=C(C)c1cc(-c2ccc(CNC(=O)OC(C)(C)C)cc2)n(-c2ccc(OC)nc2)n1. The van der Waals surface area contributed by atoms with E-state index in [2.05, 4.69) is 16.9 Å². The molecule has 2 heterocycles. The van der Waals surface area contributed by atoms with Crippen LogP contribution in [0.2, 0.25) is 0 Å². The molecule has 2 aromatic heterocycles. The molecular weight excluding hydrogens is 392 g/mol. The van der Waals surface area contributed by atoms with Gasteiger partial charge in [-0.25, -0.2) is 14.5 Å². The number of benzene rings is 1. The highest BCUT2D eigenvalue weighted by molar-refractivity contribution is 5.69. The molecule has 0 spiro atoms. The molecule has 1 amide bonds. The topological polar surface area (TPSA) is 78.3 Å². The first-order chi connectivity index (χ1) is 14.7. The average Bonchev–Trinajstić information content (AvgIpc) is 3.17. The van der Waals surface area contributed by atoms with Crippen LogP contribution in [0.15, 0.2) is 55.2 Å². The number of ether oxygens (including phenoxy) is 2. The van der Waals surface area contributed by atoms with Crippen molar-refractivity contribution in [1.29, 1.82) is 0 Å². The number of carbonyl (C=O) groups excluding carboxylic acids is 1. The summed E-state index contributed by atoms with van der Waals surface area (Å²) in [7, 11) is 1.58. The third kappa shape index (κ3) is 5.72. The van der Waals surface area contributed by atoms with Crippen LogP contribution in [-0.2, 0) is 11.3 Å². The van der Waals surface area contributed by atoms with E-state index in [0.29, 0.717) is 12.4 Å². The minimum atomic E-state index is -0.524. The van der Waals surface area contributed by atoms with Crippen LogP contribution >= 0.6 is 0 Å². The van der Waals surface area contributed by atoms with Crippen LogP contribution in [0.1, 0.15) is 39.0 Å². The lowest BCUT2D eigenvalue weighted by Crippen LogP contribution is -2.32. The molecule has 0 aliphatic heterocycles. The molecule has 3 rings (SSSR count). The first kappa shape index (κ1) is 22.1.